The SMILES string of the molecule is NC(=O)Cc1cc(N)ccn1. The fourth-order valence-electron chi connectivity index (χ4n) is 0.772. The van der Waals surface area contributed by atoms with Gasteiger partial charge in [-0.3, -0.25) is 9.78 Å². The Kier molecular flexibility index (Phi) is 2.06. The molecule has 0 unspecified atom stereocenters. The molecule has 0 spiro atoms. The number of pyridine rings is 1. The van der Waals surface area contributed by atoms with E-state index in [-0.39, 0.29) is 6.42 Å². The fraction of sp³-hybridized carbons (Fsp3) is 0.143. The molecule has 4 heteroatoms. The average molecular weight is 151 g/mol. The zero-order valence-electron chi connectivity index (χ0n) is 5.95. The van der Waals surface area contributed by atoms with Crippen LogP contribution in [0.3, 0.4) is 0 Å². The van der Waals surface area contributed by atoms with E-state index in [1.54, 1.807) is 18.3 Å². The van der Waals surface area contributed by atoms with Gasteiger partial charge in [0.15, 0.2) is 0 Å². The van der Waals surface area contributed by atoms with Gasteiger partial charge in [-0.05, 0) is 12.1 Å². The highest BCUT2D eigenvalue weighted by molar-refractivity contribution is 5.76. The lowest BCUT2D eigenvalue weighted by atomic mass is 10.2. The van der Waals surface area contributed by atoms with Crippen LogP contribution in [0.2, 0.25) is 0 Å². The van der Waals surface area contributed by atoms with Gasteiger partial charge in [0.1, 0.15) is 0 Å². The number of carbonyl (C=O) groups excluding carboxylic acids is 1. The smallest absolute Gasteiger partial charge is 0.223 e. The van der Waals surface area contributed by atoms with Crippen molar-refractivity contribution in [1.29, 1.82) is 0 Å². The van der Waals surface area contributed by atoms with Crippen molar-refractivity contribution < 1.29 is 4.79 Å². The van der Waals surface area contributed by atoms with Gasteiger partial charge in [-0.15, -0.1) is 0 Å². The van der Waals surface area contributed by atoms with Crippen LogP contribution in [0.15, 0.2) is 18.3 Å². The monoisotopic (exact) mass is 151 g/mol. The normalized spacial score (nSPS) is 9.45. The van der Waals surface area contributed by atoms with Crippen molar-refractivity contribution >= 4 is 11.6 Å². The van der Waals surface area contributed by atoms with Gasteiger partial charge in [0.2, 0.25) is 5.91 Å². The van der Waals surface area contributed by atoms with Crippen molar-refractivity contribution in [1.82, 2.24) is 4.98 Å². The summed E-state index contributed by atoms with van der Waals surface area (Å²) in [5, 5.41) is 0. The highest BCUT2D eigenvalue weighted by Crippen LogP contribution is 2.02. The standard InChI is InChI=1S/C7H9N3O/c8-5-1-2-10-6(3-5)4-7(9)11/h1-3H,4H2,(H2,8,10)(H2,9,11). The lowest BCUT2D eigenvalue weighted by molar-refractivity contribution is -0.117. The molecule has 1 aromatic rings. The number of amides is 1. The molecular formula is C7H9N3O. The molecule has 0 radical (unpaired) electrons. The molecule has 0 aliphatic carbocycles. The topological polar surface area (TPSA) is 82.0 Å². The van der Waals surface area contributed by atoms with Crippen LogP contribution >= 0.6 is 0 Å². The summed E-state index contributed by atoms with van der Waals surface area (Å²) < 4.78 is 0. The molecule has 11 heavy (non-hydrogen) atoms. The number of primary amides is 1. The maximum absolute atomic E-state index is 10.4. The Hall–Kier alpha value is -1.58. The summed E-state index contributed by atoms with van der Waals surface area (Å²) in [6.45, 7) is 0. The van der Waals surface area contributed by atoms with Crippen LogP contribution in [0.25, 0.3) is 0 Å². The number of hydrogen-bond acceptors (Lipinski definition) is 3. The molecule has 0 saturated carbocycles. The number of anilines is 1. The first-order valence-corrected chi connectivity index (χ1v) is 3.17. The summed E-state index contributed by atoms with van der Waals surface area (Å²) in [6.07, 6.45) is 1.69. The van der Waals surface area contributed by atoms with E-state index in [4.69, 9.17) is 11.5 Å². The van der Waals surface area contributed by atoms with Gasteiger partial charge >= 0.3 is 0 Å². The minimum absolute atomic E-state index is 0.144. The Morgan fingerprint density at radius 1 is 1.64 bits per heavy atom. The van der Waals surface area contributed by atoms with Gasteiger partial charge in [-0.2, -0.15) is 0 Å². The molecule has 0 aliphatic heterocycles. The van der Waals surface area contributed by atoms with Crippen LogP contribution in [0.1, 0.15) is 5.69 Å². The molecular weight excluding hydrogens is 142 g/mol. The lowest BCUT2D eigenvalue weighted by Crippen LogP contribution is -2.14. The Balaban J connectivity index is 2.79. The molecule has 1 heterocycles. The van der Waals surface area contributed by atoms with Crippen molar-refractivity contribution in [3.05, 3.63) is 24.0 Å². The highest BCUT2D eigenvalue weighted by atomic mass is 16.1. The maximum atomic E-state index is 10.4. The molecule has 4 N–H and O–H groups in total. The number of nitrogen functional groups attached to an aromatic ring is 1. The van der Waals surface area contributed by atoms with E-state index >= 15 is 0 Å². The third-order valence-electron chi connectivity index (χ3n) is 1.20. The predicted octanol–water partition coefficient (Wildman–Crippen LogP) is -0.308. The summed E-state index contributed by atoms with van der Waals surface area (Å²) in [7, 11) is 0. The van der Waals surface area contributed by atoms with Crippen LogP contribution in [-0.4, -0.2) is 10.9 Å². The molecule has 0 atom stereocenters. The van der Waals surface area contributed by atoms with E-state index in [9.17, 15) is 4.79 Å². The van der Waals surface area contributed by atoms with Crippen LogP contribution in [0, 0.1) is 0 Å². The van der Waals surface area contributed by atoms with Crippen molar-refractivity contribution in [2.45, 2.75) is 6.42 Å². The van der Waals surface area contributed by atoms with E-state index in [2.05, 4.69) is 4.98 Å². The molecule has 0 fully saturated rings. The Bertz CT molecular complexity index is 272. The number of rotatable bonds is 2. The van der Waals surface area contributed by atoms with E-state index in [1.807, 2.05) is 0 Å². The second kappa shape index (κ2) is 3.01. The van der Waals surface area contributed by atoms with Crippen molar-refractivity contribution in [2.24, 2.45) is 5.73 Å². The summed E-state index contributed by atoms with van der Waals surface area (Å²) in [6, 6.07) is 3.29. The van der Waals surface area contributed by atoms with Gasteiger partial charge < -0.3 is 11.5 Å². The number of hydrogen-bond donors (Lipinski definition) is 2. The first-order chi connectivity index (χ1) is 5.18. The third-order valence-corrected chi connectivity index (χ3v) is 1.20. The maximum Gasteiger partial charge on any atom is 0.223 e. The van der Waals surface area contributed by atoms with E-state index in [0.29, 0.717) is 11.4 Å². The van der Waals surface area contributed by atoms with Crippen molar-refractivity contribution in [3.63, 3.8) is 0 Å². The zero-order valence-corrected chi connectivity index (χ0v) is 5.95. The van der Waals surface area contributed by atoms with Gasteiger partial charge in [0, 0.05) is 11.9 Å². The van der Waals surface area contributed by atoms with Crippen LogP contribution in [0.5, 0.6) is 0 Å². The quantitative estimate of drug-likeness (QED) is 0.608. The Morgan fingerprint density at radius 3 is 2.91 bits per heavy atom. The number of aromatic nitrogens is 1. The van der Waals surface area contributed by atoms with Gasteiger partial charge in [-0.1, -0.05) is 0 Å². The first-order valence-electron chi connectivity index (χ1n) is 3.17. The van der Waals surface area contributed by atoms with Gasteiger partial charge in [0.25, 0.3) is 0 Å². The number of carbonyl (C=O) groups is 1. The molecule has 1 amide bonds. The van der Waals surface area contributed by atoms with Crippen molar-refractivity contribution in [2.75, 3.05) is 5.73 Å². The summed E-state index contributed by atoms with van der Waals surface area (Å²) in [5.41, 5.74) is 11.6. The first kappa shape index (κ1) is 7.53. The molecule has 1 aromatic heterocycles. The molecule has 0 saturated heterocycles. The molecule has 4 nitrogen and oxygen atoms in total. The summed E-state index contributed by atoms with van der Waals surface area (Å²) >= 11 is 0. The van der Waals surface area contributed by atoms with E-state index in [1.165, 1.54) is 0 Å². The largest absolute Gasteiger partial charge is 0.399 e. The van der Waals surface area contributed by atoms with Crippen LogP contribution in [-0.2, 0) is 11.2 Å². The number of nitrogens with two attached hydrogens (primary N) is 2. The zero-order chi connectivity index (χ0) is 8.27. The average Bonchev–Trinajstić information content (AvgIpc) is 1.85. The van der Waals surface area contributed by atoms with Gasteiger partial charge in [0.05, 0.1) is 12.1 Å². The molecule has 58 valence electrons. The minimum atomic E-state index is -0.400. The van der Waals surface area contributed by atoms with Gasteiger partial charge in [-0.25, -0.2) is 0 Å². The minimum Gasteiger partial charge on any atom is -0.399 e. The molecule has 0 aliphatic rings. The summed E-state index contributed by atoms with van der Waals surface area (Å²) in [5.74, 6) is -0.400. The number of nitrogens with zero attached hydrogens (tertiary/aromatic N) is 1. The Labute approximate surface area is 64.2 Å². The fourth-order valence-corrected chi connectivity index (χ4v) is 0.772. The lowest BCUT2D eigenvalue weighted by Gasteiger charge is -1.96. The van der Waals surface area contributed by atoms with E-state index in [0.717, 1.165) is 0 Å². The summed E-state index contributed by atoms with van der Waals surface area (Å²) in [4.78, 5) is 14.3. The molecule has 0 bridgehead atoms. The second-order valence-electron chi connectivity index (χ2n) is 2.22. The molecule has 0 aromatic carbocycles. The van der Waals surface area contributed by atoms with E-state index < -0.39 is 5.91 Å². The van der Waals surface area contributed by atoms with Crippen LogP contribution in [0.4, 0.5) is 5.69 Å². The van der Waals surface area contributed by atoms with Crippen molar-refractivity contribution in [3.8, 4) is 0 Å². The Morgan fingerprint density at radius 2 is 2.36 bits per heavy atom. The van der Waals surface area contributed by atoms with Crippen LogP contribution < -0.4 is 11.5 Å². The second-order valence-corrected chi connectivity index (χ2v) is 2.22. The third kappa shape index (κ3) is 2.25. The predicted molar refractivity (Wildman–Crippen MR) is 41.5 cm³/mol. The highest BCUT2D eigenvalue weighted by Gasteiger charge is 1.98. The molecule has 1 rings (SSSR count).